The van der Waals surface area contributed by atoms with Gasteiger partial charge in [0.1, 0.15) is 0 Å². The molecule has 1 aromatic heterocycles. The summed E-state index contributed by atoms with van der Waals surface area (Å²) in [5.74, 6) is 0.740. The molecule has 18 heavy (non-hydrogen) atoms. The highest BCUT2D eigenvalue weighted by Crippen LogP contribution is 2.36. The third kappa shape index (κ3) is 3.14. The van der Waals surface area contributed by atoms with Crippen LogP contribution in [0.3, 0.4) is 0 Å². The Balaban J connectivity index is 2.04. The molecule has 1 aromatic rings. The Kier molecular flexibility index (Phi) is 3.81. The number of hydrogen-bond acceptors (Lipinski definition) is 3. The monoisotopic (exact) mass is 267 g/mol. The number of aryl methyl sites for hydroxylation is 2. The maximum absolute atomic E-state index is 6.14. The molecule has 1 aliphatic carbocycles. The molecule has 1 heterocycles. The number of aromatic nitrogens is 2. The molecule has 0 aromatic carbocycles. The van der Waals surface area contributed by atoms with Crippen LogP contribution < -0.4 is 5.32 Å². The van der Waals surface area contributed by atoms with E-state index in [0.717, 1.165) is 17.2 Å². The molecule has 0 amide bonds. The van der Waals surface area contributed by atoms with Gasteiger partial charge in [-0.2, -0.15) is 0 Å². The van der Waals surface area contributed by atoms with E-state index in [1.165, 1.54) is 25.7 Å². The predicted octanol–water partition coefficient (Wildman–Crippen LogP) is 4.13. The van der Waals surface area contributed by atoms with Crippen molar-refractivity contribution in [3.63, 3.8) is 0 Å². The first-order valence-electron chi connectivity index (χ1n) is 6.65. The summed E-state index contributed by atoms with van der Waals surface area (Å²) in [7, 11) is 0. The summed E-state index contributed by atoms with van der Waals surface area (Å²) in [6.45, 7) is 8.58. The van der Waals surface area contributed by atoms with Crippen molar-refractivity contribution in [2.75, 3.05) is 5.32 Å². The SMILES string of the molecule is Cc1nc(Cl)c(NC2CCC(C)(C)CC2)nc1C. The summed E-state index contributed by atoms with van der Waals surface area (Å²) in [4.78, 5) is 8.80. The van der Waals surface area contributed by atoms with E-state index in [1.54, 1.807) is 0 Å². The van der Waals surface area contributed by atoms with Crippen LogP contribution >= 0.6 is 11.6 Å². The zero-order valence-electron chi connectivity index (χ0n) is 11.7. The predicted molar refractivity (Wildman–Crippen MR) is 76.2 cm³/mol. The molecule has 1 aliphatic rings. The molecule has 1 N–H and O–H groups in total. The lowest BCUT2D eigenvalue weighted by Gasteiger charge is -2.34. The van der Waals surface area contributed by atoms with E-state index < -0.39 is 0 Å². The molecule has 1 fully saturated rings. The smallest absolute Gasteiger partial charge is 0.171 e. The van der Waals surface area contributed by atoms with Gasteiger partial charge in [-0.05, 0) is 44.9 Å². The van der Waals surface area contributed by atoms with Crippen molar-refractivity contribution < 1.29 is 0 Å². The third-order valence-electron chi connectivity index (χ3n) is 3.94. The van der Waals surface area contributed by atoms with Crippen molar-refractivity contribution in [2.45, 2.75) is 59.4 Å². The number of anilines is 1. The van der Waals surface area contributed by atoms with Crippen LogP contribution in [0.15, 0.2) is 0 Å². The minimum Gasteiger partial charge on any atom is -0.365 e. The van der Waals surface area contributed by atoms with Gasteiger partial charge < -0.3 is 5.32 Å². The third-order valence-corrected chi connectivity index (χ3v) is 4.21. The van der Waals surface area contributed by atoms with Gasteiger partial charge in [-0.15, -0.1) is 0 Å². The largest absolute Gasteiger partial charge is 0.365 e. The average Bonchev–Trinajstić information content (AvgIpc) is 2.28. The number of rotatable bonds is 2. The van der Waals surface area contributed by atoms with Gasteiger partial charge in [-0.25, -0.2) is 9.97 Å². The molecule has 0 aliphatic heterocycles. The van der Waals surface area contributed by atoms with Crippen LogP contribution in [0.5, 0.6) is 0 Å². The minimum absolute atomic E-state index is 0.479. The quantitative estimate of drug-likeness (QED) is 0.876. The minimum atomic E-state index is 0.479. The maximum Gasteiger partial charge on any atom is 0.171 e. The summed E-state index contributed by atoms with van der Waals surface area (Å²) in [6.07, 6.45) is 4.86. The zero-order valence-corrected chi connectivity index (χ0v) is 12.4. The Bertz CT molecular complexity index is 433. The standard InChI is InChI=1S/C14H22ClN3/c1-9-10(2)17-13(12(15)16-9)18-11-5-7-14(3,4)8-6-11/h11H,5-8H2,1-4H3,(H,17,18). The molecular formula is C14H22ClN3. The summed E-state index contributed by atoms with van der Waals surface area (Å²) < 4.78 is 0. The molecule has 0 radical (unpaired) electrons. The second-order valence-corrected chi connectivity index (χ2v) is 6.47. The highest BCUT2D eigenvalue weighted by atomic mass is 35.5. The van der Waals surface area contributed by atoms with Crippen LogP contribution in [-0.4, -0.2) is 16.0 Å². The fraction of sp³-hybridized carbons (Fsp3) is 0.714. The number of hydrogen-bond donors (Lipinski definition) is 1. The molecule has 3 nitrogen and oxygen atoms in total. The van der Waals surface area contributed by atoms with E-state index >= 15 is 0 Å². The van der Waals surface area contributed by atoms with E-state index in [0.29, 0.717) is 16.6 Å². The van der Waals surface area contributed by atoms with E-state index in [4.69, 9.17) is 11.6 Å². The molecule has 0 bridgehead atoms. The van der Waals surface area contributed by atoms with Gasteiger partial charge in [0.15, 0.2) is 11.0 Å². The summed E-state index contributed by atoms with van der Waals surface area (Å²) >= 11 is 6.14. The van der Waals surface area contributed by atoms with Crippen LogP contribution in [-0.2, 0) is 0 Å². The number of halogens is 1. The van der Waals surface area contributed by atoms with E-state index in [-0.39, 0.29) is 0 Å². The van der Waals surface area contributed by atoms with Crippen LogP contribution in [0.4, 0.5) is 5.82 Å². The lowest BCUT2D eigenvalue weighted by molar-refractivity contribution is 0.232. The van der Waals surface area contributed by atoms with Crippen molar-refractivity contribution in [1.82, 2.24) is 9.97 Å². The normalized spacial score (nSPS) is 19.8. The molecule has 4 heteroatoms. The number of nitrogens with zero attached hydrogens (tertiary/aromatic N) is 2. The highest BCUT2D eigenvalue weighted by molar-refractivity contribution is 6.31. The summed E-state index contributed by atoms with van der Waals surface area (Å²) in [5.41, 5.74) is 2.32. The Morgan fingerprint density at radius 2 is 1.67 bits per heavy atom. The van der Waals surface area contributed by atoms with E-state index in [9.17, 15) is 0 Å². The fourth-order valence-corrected chi connectivity index (χ4v) is 2.63. The second-order valence-electron chi connectivity index (χ2n) is 6.12. The van der Waals surface area contributed by atoms with Crippen LogP contribution in [0.1, 0.15) is 50.9 Å². The van der Waals surface area contributed by atoms with Gasteiger partial charge >= 0.3 is 0 Å². The van der Waals surface area contributed by atoms with Gasteiger partial charge in [0, 0.05) is 6.04 Å². The van der Waals surface area contributed by atoms with Crippen molar-refractivity contribution in [1.29, 1.82) is 0 Å². The molecule has 100 valence electrons. The summed E-state index contributed by atoms with van der Waals surface area (Å²) in [5, 5.41) is 3.94. The molecule has 0 unspecified atom stereocenters. The molecule has 1 saturated carbocycles. The van der Waals surface area contributed by atoms with Crippen molar-refractivity contribution in [2.24, 2.45) is 5.41 Å². The summed E-state index contributed by atoms with van der Waals surface area (Å²) in [6, 6.07) is 0.479. The van der Waals surface area contributed by atoms with Crippen molar-refractivity contribution in [3.8, 4) is 0 Å². The van der Waals surface area contributed by atoms with Crippen LogP contribution in [0.25, 0.3) is 0 Å². The van der Waals surface area contributed by atoms with E-state index in [1.807, 2.05) is 13.8 Å². The molecule has 0 spiro atoms. The van der Waals surface area contributed by atoms with Gasteiger partial charge in [-0.3, -0.25) is 0 Å². The Morgan fingerprint density at radius 1 is 1.11 bits per heavy atom. The maximum atomic E-state index is 6.14. The highest BCUT2D eigenvalue weighted by Gasteiger charge is 2.27. The van der Waals surface area contributed by atoms with E-state index in [2.05, 4.69) is 29.1 Å². The van der Waals surface area contributed by atoms with Crippen LogP contribution in [0.2, 0.25) is 5.15 Å². The lowest BCUT2D eigenvalue weighted by Crippen LogP contribution is -2.30. The van der Waals surface area contributed by atoms with Crippen molar-refractivity contribution in [3.05, 3.63) is 16.5 Å². The Morgan fingerprint density at radius 3 is 2.28 bits per heavy atom. The van der Waals surface area contributed by atoms with Gasteiger partial charge in [-0.1, -0.05) is 25.4 Å². The lowest BCUT2D eigenvalue weighted by atomic mass is 9.75. The molecular weight excluding hydrogens is 246 g/mol. The van der Waals surface area contributed by atoms with Gasteiger partial charge in [0.2, 0.25) is 0 Å². The Hall–Kier alpha value is -0.830. The first-order chi connectivity index (χ1) is 8.37. The Labute approximate surface area is 114 Å². The van der Waals surface area contributed by atoms with Gasteiger partial charge in [0.05, 0.1) is 11.4 Å². The average molecular weight is 268 g/mol. The molecule has 0 atom stereocenters. The topological polar surface area (TPSA) is 37.8 Å². The van der Waals surface area contributed by atoms with Gasteiger partial charge in [0.25, 0.3) is 0 Å². The second kappa shape index (κ2) is 5.04. The fourth-order valence-electron chi connectivity index (χ4n) is 2.40. The first-order valence-corrected chi connectivity index (χ1v) is 7.02. The zero-order chi connectivity index (χ0) is 13.3. The molecule has 0 saturated heterocycles. The van der Waals surface area contributed by atoms with Crippen LogP contribution in [0, 0.1) is 19.3 Å². The van der Waals surface area contributed by atoms with Crippen molar-refractivity contribution >= 4 is 17.4 Å². The first kappa shape index (κ1) is 13.6. The number of nitrogens with one attached hydrogen (secondary N) is 1. The molecule has 2 rings (SSSR count).